The van der Waals surface area contributed by atoms with Crippen molar-refractivity contribution >= 4 is 23.2 Å². The summed E-state index contributed by atoms with van der Waals surface area (Å²) in [7, 11) is 0. The van der Waals surface area contributed by atoms with Gasteiger partial charge in [0.1, 0.15) is 5.76 Å². The summed E-state index contributed by atoms with van der Waals surface area (Å²) in [6.07, 6.45) is 4.95. The Hall–Kier alpha value is -3.68. The zero-order valence-corrected chi connectivity index (χ0v) is 15.4. The molecular weight excluding hydrogens is 360 g/mol. The zero-order chi connectivity index (χ0) is 19.7. The highest BCUT2D eigenvalue weighted by molar-refractivity contribution is 5.80. The quantitative estimate of drug-likeness (QED) is 0.535. The summed E-state index contributed by atoms with van der Waals surface area (Å²) in [4.78, 5) is 31.2. The number of furan rings is 1. The van der Waals surface area contributed by atoms with Crippen molar-refractivity contribution in [3.63, 3.8) is 0 Å². The Bertz CT molecular complexity index is 1260. The molecular formula is C20H18N4O4. The van der Waals surface area contributed by atoms with Gasteiger partial charge in [-0.05, 0) is 42.3 Å². The van der Waals surface area contributed by atoms with Crippen molar-refractivity contribution in [3.8, 4) is 11.4 Å². The van der Waals surface area contributed by atoms with Gasteiger partial charge in [0.05, 0.1) is 17.3 Å². The van der Waals surface area contributed by atoms with Crippen LogP contribution in [0.1, 0.15) is 25.5 Å². The van der Waals surface area contributed by atoms with Crippen molar-refractivity contribution in [3.05, 3.63) is 69.0 Å². The molecule has 0 saturated carbocycles. The smallest absolute Gasteiger partial charge is 0.316 e. The lowest BCUT2D eigenvalue weighted by Gasteiger charge is -2.12. The van der Waals surface area contributed by atoms with Gasteiger partial charge in [0.25, 0.3) is 5.89 Å². The zero-order valence-electron chi connectivity index (χ0n) is 15.4. The van der Waals surface area contributed by atoms with E-state index >= 15 is 0 Å². The summed E-state index contributed by atoms with van der Waals surface area (Å²) in [6.45, 7) is 4.44. The van der Waals surface area contributed by atoms with Crippen molar-refractivity contribution in [1.82, 2.24) is 19.7 Å². The molecule has 0 bridgehead atoms. The number of rotatable bonds is 5. The molecule has 0 saturated heterocycles. The highest BCUT2D eigenvalue weighted by Gasteiger charge is 2.12. The van der Waals surface area contributed by atoms with Gasteiger partial charge >= 0.3 is 11.1 Å². The molecule has 4 aromatic rings. The lowest BCUT2D eigenvalue weighted by Crippen LogP contribution is -2.37. The largest absolute Gasteiger partial charge is 0.465 e. The van der Waals surface area contributed by atoms with Crippen LogP contribution in [0.5, 0.6) is 0 Å². The minimum atomic E-state index is -0.652. The van der Waals surface area contributed by atoms with Crippen LogP contribution in [-0.4, -0.2) is 19.7 Å². The molecule has 28 heavy (non-hydrogen) atoms. The van der Waals surface area contributed by atoms with Crippen molar-refractivity contribution in [2.75, 3.05) is 0 Å². The SMILES string of the molecule is CC(C)Cn1c(=O)c(=O)[nH]c2cc(-c3noc(C=Cc4ccco4)n3)ccc21. The van der Waals surface area contributed by atoms with Crippen LogP contribution in [0.2, 0.25) is 0 Å². The van der Waals surface area contributed by atoms with Crippen LogP contribution in [0.25, 0.3) is 34.6 Å². The summed E-state index contributed by atoms with van der Waals surface area (Å²) < 4.78 is 11.9. The molecule has 3 aromatic heterocycles. The van der Waals surface area contributed by atoms with E-state index in [9.17, 15) is 9.59 Å². The van der Waals surface area contributed by atoms with Crippen LogP contribution in [0, 0.1) is 5.92 Å². The second kappa shape index (κ2) is 7.15. The van der Waals surface area contributed by atoms with Crippen molar-refractivity contribution < 1.29 is 8.94 Å². The molecule has 8 nitrogen and oxygen atoms in total. The Morgan fingerprint density at radius 1 is 1.21 bits per heavy atom. The van der Waals surface area contributed by atoms with E-state index in [2.05, 4.69) is 15.1 Å². The topological polar surface area (TPSA) is 107 Å². The van der Waals surface area contributed by atoms with Crippen LogP contribution in [0.15, 0.2) is 55.1 Å². The minimum absolute atomic E-state index is 0.225. The van der Waals surface area contributed by atoms with Gasteiger partial charge in [-0.3, -0.25) is 9.59 Å². The van der Waals surface area contributed by atoms with Gasteiger partial charge in [-0.25, -0.2) is 0 Å². The van der Waals surface area contributed by atoms with Crippen LogP contribution < -0.4 is 11.1 Å². The first-order chi connectivity index (χ1) is 13.5. The number of hydrogen-bond donors (Lipinski definition) is 1. The van der Waals surface area contributed by atoms with Crippen molar-refractivity contribution in [1.29, 1.82) is 0 Å². The first kappa shape index (κ1) is 17.7. The molecule has 0 aliphatic carbocycles. The lowest BCUT2D eigenvalue weighted by molar-refractivity contribution is 0.411. The number of nitrogens with one attached hydrogen (secondary N) is 1. The molecule has 142 valence electrons. The van der Waals surface area contributed by atoms with Crippen molar-refractivity contribution in [2.45, 2.75) is 20.4 Å². The second-order valence-electron chi connectivity index (χ2n) is 6.80. The van der Waals surface area contributed by atoms with E-state index in [1.165, 1.54) is 4.57 Å². The highest BCUT2D eigenvalue weighted by Crippen LogP contribution is 2.21. The van der Waals surface area contributed by atoms with E-state index in [1.54, 1.807) is 42.7 Å². The summed E-state index contributed by atoms with van der Waals surface area (Å²) in [6, 6.07) is 8.90. The summed E-state index contributed by atoms with van der Waals surface area (Å²) in [5.74, 6) is 1.60. The fourth-order valence-corrected chi connectivity index (χ4v) is 2.92. The Kier molecular flexibility index (Phi) is 4.52. The van der Waals surface area contributed by atoms with Gasteiger partial charge in [-0.2, -0.15) is 4.98 Å². The molecule has 0 radical (unpaired) electrons. The maximum Gasteiger partial charge on any atom is 0.316 e. The van der Waals surface area contributed by atoms with E-state index in [1.807, 2.05) is 19.9 Å². The molecule has 0 fully saturated rings. The number of H-pyrrole nitrogens is 1. The Labute approximate surface area is 159 Å². The number of fused-ring (bicyclic) bond motifs is 1. The molecule has 4 rings (SSSR count). The monoisotopic (exact) mass is 378 g/mol. The first-order valence-corrected chi connectivity index (χ1v) is 8.84. The highest BCUT2D eigenvalue weighted by atomic mass is 16.5. The van der Waals surface area contributed by atoms with Gasteiger partial charge in [-0.15, -0.1) is 0 Å². The molecule has 8 heteroatoms. The Morgan fingerprint density at radius 2 is 2.07 bits per heavy atom. The van der Waals surface area contributed by atoms with Crippen LogP contribution >= 0.6 is 0 Å². The predicted octanol–water partition coefficient (Wildman–Crippen LogP) is 3.16. The normalized spacial score (nSPS) is 11.8. The molecule has 1 N–H and O–H groups in total. The summed E-state index contributed by atoms with van der Waals surface area (Å²) >= 11 is 0. The standard InChI is InChI=1S/C20H18N4O4/c1-12(2)11-24-16-7-5-13(10-15(16)21-19(25)20(24)26)18-22-17(28-23-18)8-6-14-4-3-9-27-14/h3-10,12H,11H2,1-2H3,(H,21,25). The Morgan fingerprint density at radius 3 is 2.82 bits per heavy atom. The second-order valence-corrected chi connectivity index (χ2v) is 6.80. The van der Waals surface area contributed by atoms with Gasteiger partial charge in [0, 0.05) is 18.2 Å². The number of aromatic amines is 1. The minimum Gasteiger partial charge on any atom is -0.465 e. The third-order valence-corrected chi connectivity index (χ3v) is 4.16. The number of aromatic nitrogens is 4. The average Bonchev–Trinajstić information content (AvgIpc) is 3.34. The van der Waals surface area contributed by atoms with Gasteiger partial charge in [-0.1, -0.05) is 19.0 Å². The average molecular weight is 378 g/mol. The van der Waals surface area contributed by atoms with Crippen molar-refractivity contribution in [2.24, 2.45) is 5.92 Å². The van der Waals surface area contributed by atoms with E-state index in [4.69, 9.17) is 8.94 Å². The third-order valence-electron chi connectivity index (χ3n) is 4.16. The molecule has 0 aliphatic heterocycles. The summed E-state index contributed by atoms with van der Waals surface area (Å²) in [5.41, 5.74) is 0.655. The van der Waals surface area contributed by atoms with Gasteiger partial charge in [0.2, 0.25) is 5.82 Å². The third kappa shape index (κ3) is 3.44. The van der Waals surface area contributed by atoms with Crippen LogP contribution in [0.3, 0.4) is 0 Å². The fourth-order valence-electron chi connectivity index (χ4n) is 2.92. The molecule has 1 aromatic carbocycles. The summed E-state index contributed by atoms with van der Waals surface area (Å²) in [5, 5.41) is 3.98. The van der Waals surface area contributed by atoms with Crippen LogP contribution in [0.4, 0.5) is 0 Å². The van der Waals surface area contributed by atoms with Gasteiger partial charge in [0.15, 0.2) is 0 Å². The molecule has 0 amide bonds. The number of hydrogen-bond acceptors (Lipinski definition) is 6. The maximum atomic E-state index is 12.2. The maximum absolute atomic E-state index is 12.2. The predicted molar refractivity (Wildman–Crippen MR) is 105 cm³/mol. The molecule has 0 atom stereocenters. The Balaban J connectivity index is 1.71. The first-order valence-electron chi connectivity index (χ1n) is 8.84. The molecule has 3 heterocycles. The van der Waals surface area contributed by atoms with E-state index in [-0.39, 0.29) is 5.92 Å². The lowest BCUT2D eigenvalue weighted by atomic mass is 10.1. The molecule has 0 spiro atoms. The van der Waals surface area contributed by atoms with E-state index < -0.39 is 11.1 Å². The number of benzene rings is 1. The van der Waals surface area contributed by atoms with E-state index in [0.29, 0.717) is 40.6 Å². The number of nitrogens with zero attached hydrogens (tertiary/aromatic N) is 3. The van der Waals surface area contributed by atoms with E-state index in [0.717, 1.165) is 0 Å². The molecule has 0 aliphatic rings. The van der Waals surface area contributed by atoms with Gasteiger partial charge < -0.3 is 18.5 Å². The molecule has 0 unspecified atom stereocenters. The van der Waals surface area contributed by atoms with Crippen LogP contribution in [-0.2, 0) is 6.54 Å². The fraction of sp³-hybridized carbons (Fsp3) is 0.200.